The molecule has 0 saturated carbocycles. The molecule has 0 spiro atoms. The first-order chi connectivity index (χ1) is 12.9. The Balaban J connectivity index is 1.96. The average Bonchev–Trinajstić information content (AvgIpc) is 3.21. The van der Waals surface area contributed by atoms with Gasteiger partial charge in [-0.05, 0) is 61.4 Å². The van der Waals surface area contributed by atoms with Crippen LogP contribution in [0.3, 0.4) is 0 Å². The molecule has 1 saturated heterocycles. The van der Waals surface area contributed by atoms with E-state index in [1.807, 2.05) is 0 Å². The number of carbonyl (C=O) groups is 1. The Morgan fingerprint density at radius 3 is 2.22 bits per heavy atom. The van der Waals surface area contributed by atoms with Crippen LogP contribution in [-0.2, 0) is 14.8 Å². The van der Waals surface area contributed by atoms with Crippen molar-refractivity contribution in [3.63, 3.8) is 0 Å². The van der Waals surface area contributed by atoms with Gasteiger partial charge in [-0.1, -0.05) is 0 Å². The molecule has 0 atom stereocenters. The van der Waals surface area contributed by atoms with Gasteiger partial charge in [-0.2, -0.15) is 0 Å². The van der Waals surface area contributed by atoms with Gasteiger partial charge in [-0.15, -0.1) is 0 Å². The molecular formula is C19H21FN2O4S. The first-order valence-corrected chi connectivity index (χ1v) is 10.1. The van der Waals surface area contributed by atoms with Crippen LogP contribution < -0.4 is 9.04 Å². The van der Waals surface area contributed by atoms with Crippen LogP contribution in [0.2, 0.25) is 0 Å². The molecular weight excluding hydrogens is 371 g/mol. The number of benzene rings is 2. The fourth-order valence-electron chi connectivity index (χ4n) is 2.99. The summed E-state index contributed by atoms with van der Waals surface area (Å²) in [7, 11) is -2.52. The van der Waals surface area contributed by atoms with E-state index >= 15 is 0 Å². The van der Waals surface area contributed by atoms with Crippen molar-refractivity contribution >= 4 is 21.6 Å². The zero-order valence-electron chi connectivity index (χ0n) is 15.0. The second-order valence-corrected chi connectivity index (χ2v) is 8.11. The lowest BCUT2D eigenvalue weighted by atomic mass is 10.3. The van der Waals surface area contributed by atoms with Crippen molar-refractivity contribution in [2.45, 2.75) is 17.7 Å². The molecule has 6 nitrogen and oxygen atoms in total. The third-order valence-corrected chi connectivity index (χ3v) is 6.29. The Morgan fingerprint density at radius 2 is 1.67 bits per heavy atom. The van der Waals surface area contributed by atoms with Crippen molar-refractivity contribution in [1.82, 2.24) is 4.90 Å². The molecule has 144 valence electrons. The molecule has 0 bridgehead atoms. The maximum absolute atomic E-state index is 13.3. The maximum Gasteiger partial charge on any atom is 0.264 e. The zero-order valence-corrected chi connectivity index (χ0v) is 15.8. The van der Waals surface area contributed by atoms with Gasteiger partial charge < -0.3 is 9.64 Å². The number of nitrogens with zero attached hydrogens (tertiary/aromatic N) is 2. The lowest BCUT2D eigenvalue weighted by Crippen LogP contribution is -2.42. The van der Waals surface area contributed by atoms with E-state index in [4.69, 9.17) is 4.74 Å². The highest BCUT2D eigenvalue weighted by atomic mass is 32.2. The SMILES string of the molecule is COc1ccc(S(=O)(=O)N(CC(=O)N2CCCC2)c2ccc(F)cc2)cc1. The lowest BCUT2D eigenvalue weighted by Gasteiger charge is -2.26. The van der Waals surface area contributed by atoms with Crippen LogP contribution in [0.4, 0.5) is 10.1 Å². The second kappa shape index (κ2) is 7.96. The third kappa shape index (κ3) is 4.21. The molecule has 1 heterocycles. The van der Waals surface area contributed by atoms with Crippen LogP contribution in [-0.4, -0.2) is 46.0 Å². The van der Waals surface area contributed by atoms with Crippen molar-refractivity contribution in [3.05, 3.63) is 54.3 Å². The molecule has 2 aromatic carbocycles. The van der Waals surface area contributed by atoms with Gasteiger partial charge in [0.15, 0.2) is 0 Å². The molecule has 8 heteroatoms. The standard InChI is InChI=1S/C19H21FN2O4S/c1-26-17-8-10-18(11-9-17)27(24,25)22(16-6-4-15(20)5-7-16)14-19(23)21-12-2-3-13-21/h4-11H,2-3,12-14H2,1H3. The monoisotopic (exact) mass is 392 g/mol. The highest BCUT2D eigenvalue weighted by molar-refractivity contribution is 7.92. The minimum atomic E-state index is -4.01. The Hall–Kier alpha value is -2.61. The number of halogens is 1. The summed E-state index contributed by atoms with van der Waals surface area (Å²) >= 11 is 0. The van der Waals surface area contributed by atoms with Crippen molar-refractivity contribution < 1.29 is 22.3 Å². The van der Waals surface area contributed by atoms with Gasteiger partial charge in [0.2, 0.25) is 5.91 Å². The summed E-state index contributed by atoms with van der Waals surface area (Å²) in [5, 5.41) is 0. The molecule has 0 radical (unpaired) electrons. The van der Waals surface area contributed by atoms with Gasteiger partial charge in [-0.25, -0.2) is 12.8 Å². The highest BCUT2D eigenvalue weighted by Crippen LogP contribution is 2.26. The Kier molecular flexibility index (Phi) is 5.65. The fraction of sp³-hybridized carbons (Fsp3) is 0.316. The summed E-state index contributed by atoms with van der Waals surface area (Å²) in [5.41, 5.74) is 0.236. The maximum atomic E-state index is 13.3. The van der Waals surface area contributed by atoms with Crippen LogP contribution >= 0.6 is 0 Å². The Labute approximate surface area is 158 Å². The summed E-state index contributed by atoms with van der Waals surface area (Å²) in [6.07, 6.45) is 1.82. The number of ether oxygens (including phenoxy) is 1. The van der Waals surface area contributed by atoms with E-state index < -0.39 is 15.8 Å². The van der Waals surface area contributed by atoms with Crippen molar-refractivity contribution in [1.29, 1.82) is 0 Å². The van der Waals surface area contributed by atoms with E-state index in [9.17, 15) is 17.6 Å². The summed E-state index contributed by atoms with van der Waals surface area (Å²) in [6.45, 7) is 0.914. The molecule has 1 aliphatic rings. The van der Waals surface area contributed by atoms with Crippen LogP contribution in [0, 0.1) is 5.82 Å². The molecule has 1 fully saturated rings. The van der Waals surface area contributed by atoms with Gasteiger partial charge in [0.25, 0.3) is 10.0 Å². The van der Waals surface area contributed by atoms with Crippen LogP contribution in [0.1, 0.15) is 12.8 Å². The lowest BCUT2D eigenvalue weighted by molar-refractivity contribution is -0.128. The normalized spacial score (nSPS) is 14.2. The molecule has 2 aromatic rings. The van der Waals surface area contributed by atoms with Crippen LogP contribution in [0.15, 0.2) is 53.4 Å². The van der Waals surface area contributed by atoms with Crippen LogP contribution in [0.25, 0.3) is 0 Å². The number of anilines is 1. The summed E-state index contributed by atoms with van der Waals surface area (Å²) < 4.78 is 45.8. The van der Waals surface area contributed by atoms with E-state index in [0.717, 1.165) is 17.1 Å². The van der Waals surface area contributed by atoms with Crippen LogP contribution in [0.5, 0.6) is 5.75 Å². The van der Waals surface area contributed by atoms with Crippen molar-refractivity contribution in [2.75, 3.05) is 31.0 Å². The van der Waals surface area contributed by atoms with Crippen molar-refractivity contribution in [3.8, 4) is 5.75 Å². The van der Waals surface area contributed by atoms with E-state index in [0.29, 0.717) is 18.8 Å². The predicted molar refractivity (Wildman–Crippen MR) is 99.7 cm³/mol. The smallest absolute Gasteiger partial charge is 0.264 e. The first-order valence-electron chi connectivity index (χ1n) is 8.62. The number of sulfonamides is 1. The quantitative estimate of drug-likeness (QED) is 0.758. The number of carbonyl (C=O) groups excluding carboxylic acids is 1. The van der Waals surface area contributed by atoms with Gasteiger partial charge >= 0.3 is 0 Å². The minimum absolute atomic E-state index is 0.0295. The number of rotatable bonds is 6. The third-order valence-electron chi connectivity index (χ3n) is 4.50. The minimum Gasteiger partial charge on any atom is -0.497 e. The zero-order chi connectivity index (χ0) is 19.4. The van der Waals surface area contributed by atoms with E-state index in [1.54, 1.807) is 4.90 Å². The molecule has 0 aliphatic carbocycles. The fourth-order valence-corrected chi connectivity index (χ4v) is 4.40. The number of hydrogen-bond acceptors (Lipinski definition) is 4. The molecule has 3 rings (SSSR count). The number of hydrogen-bond donors (Lipinski definition) is 0. The molecule has 0 aromatic heterocycles. The van der Waals surface area contributed by atoms with E-state index in [1.165, 1.54) is 55.6 Å². The molecule has 1 aliphatic heterocycles. The summed E-state index contributed by atoms with van der Waals surface area (Å²) in [5.74, 6) is -0.226. The molecule has 0 N–H and O–H groups in total. The van der Waals surface area contributed by atoms with Gasteiger partial charge in [0.05, 0.1) is 17.7 Å². The van der Waals surface area contributed by atoms with Gasteiger partial charge in [-0.3, -0.25) is 9.10 Å². The van der Waals surface area contributed by atoms with Gasteiger partial charge in [0.1, 0.15) is 18.1 Å². The number of likely N-dealkylation sites (tertiary alicyclic amines) is 1. The number of methoxy groups -OCH3 is 1. The average molecular weight is 392 g/mol. The summed E-state index contributed by atoms with van der Waals surface area (Å²) in [6, 6.07) is 11.0. The molecule has 27 heavy (non-hydrogen) atoms. The van der Waals surface area contributed by atoms with Gasteiger partial charge in [0, 0.05) is 13.1 Å². The van der Waals surface area contributed by atoms with E-state index in [-0.39, 0.29) is 23.0 Å². The predicted octanol–water partition coefficient (Wildman–Crippen LogP) is 2.65. The highest BCUT2D eigenvalue weighted by Gasteiger charge is 2.29. The van der Waals surface area contributed by atoms with Crippen molar-refractivity contribution in [2.24, 2.45) is 0 Å². The van der Waals surface area contributed by atoms with E-state index in [2.05, 4.69) is 0 Å². The molecule has 1 amide bonds. The summed E-state index contributed by atoms with van der Waals surface area (Å²) in [4.78, 5) is 14.3. The Bertz CT molecular complexity index is 892. The number of amides is 1. The topological polar surface area (TPSA) is 66.9 Å². The molecule has 0 unspecified atom stereocenters. The second-order valence-electron chi connectivity index (χ2n) is 6.25. The largest absolute Gasteiger partial charge is 0.497 e. The Morgan fingerprint density at radius 1 is 1.07 bits per heavy atom. The first kappa shape index (κ1) is 19.2.